The molecule has 0 aromatic carbocycles. The molecule has 1 saturated heterocycles. The van der Waals surface area contributed by atoms with E-state index in [1.807, 2.05) is 0 Å². The van der Waals surface area contributed by atoms with Crippen molar-refractivity contribution in [2.45, 2.75) is 38.7 Å². The second kappa shape index (κ2) is 4.68. The van der Waals surface area contributed by atoms with Gasteiger partial charge in [0.15, 0.2) is 6.10 Å². The summed E-state index contributed by atoms with van der Waals surface area (Å²) in [5.74, 6) is -0.418. The van der Waals surface area contributed by atoms with Gasteiger partial charge in [0.2, 0.25) is 5.91 Å². The first kappa shape index (κ1) is 14.0. The zero-order valence-electron chi connectivity index (χ0n) is 10.0. The van der Waals surface area contributed by atoms with Gasteiger partial charge in [-0.25, -0.2) is 0 Å². The molecule has 1 rings (SSSR count). The molecule has 1 heterocycles. The van der Waals surface area contributed by atoms with Crippen LogP contribution in [0.2, 0.25) is 0 Å². The highest BCUT2D eigenvalue weighted by Crippen LogP contribution is 2.31. The molecule has 1 unspecified atom stereocenters. The van der Waals surface area contributed by atoms with Gasteiger partial charge >= 0.3 is 6.18 Å². The highest BCUT2D eigenvalue weighted by molar-refractivity contribution is 5.87. The van der Waals surface area contributed by atoms with Gasteiger partial charge in [-0.05, 0) is 26.8 Å². The van der Waals surface area contributed by atoms with E-state index >= 15 is 0 Å². The second-order valence-electron chi connectivity index (χ2n) is 4.63. The van der Waals surface area contributed by atoms with E-state index in [9.17, 15) is 18.0 Å². The Labute approximate surface area is 98.2 Å². The third-order valence-corrected chi connectivity index (χ3v) is 2.41. The fourth-order valence-electron chi connectivity index (χ4n) is 1.77. The van der Waals surface area contributed by atoms with Crippen molar-refractivity contribution in [3.8, 4) is 0 Å². The summed E-state index contributed by atoms with van der Waals surface area (Å²) in [4.78, 5) is 12.7. The maximum absolute atomic E-state index is 12.6. The lowest BCUT2D eigenvalue weighted by atomic mass is 10.0. The van der Waals surface area contributed by atoms with Gasteiger partial charge in [-0.2, -0.15) is 13.2 Å². The van der Waals surface area contributed by atoms with Crippen molar-refractivity contribution >= 4 is 5.91 Å². The Kier molecular flexibility index (Phi) is 3.86. The fraction of sp³-hybridized carbons (Fsp3) is 0.727. The van der Waals surface area contributed by atoms with Crippen molar-refractivity contribution < 1.29 is 22.7 Å². The largest absolute Gasteiger partial charge is 0.416 e. The van der Waals surface area contributed by atoms with Crippen LogP contribution in [0.25, 0.3) is 0 Å². The molecule has 0 aromatic heterocycles. The number of hydrogen-bond acceptors (Lipinski definition) is 2. The van der Waals surface area contributed by atoms with Crippen LogP contribution in [-0.2, 0) is 9.53 Å². The molecular formula is C11H16F3NO2. The lowest BCUT2D eigenvalue weighted by Gasteiger charge is -2.42. The number of carbonyl (C=O) groups is 1. The Hall–Kier alpha value is -1.04. The van der Waals surface area contributed by atoms with Gasteiger partial charge < -0.3 is 9.64 Å². The summed E-state index contributed by atoms with van der Waals surface area (Å²) >= 11 is 0. The molecule has 0 saturated carbocycles. The van der Waals surface area contributed by atoms with Crippen molar-refractivity contribution in [1.82, 2.24) is 4.90 Å². The zero-order chi connectivity index (χ0) is 13.3. The Morgan fingerprint density at radius 1 is 1.47 bits per heavy atom. The fourth-order valence-corrected chi connectivity index (χ4v) is 1.77. The molecule has 1 amide bonds. The third-order valence-electron chi connectivity index (χ3n) is 2.41. The Morgan fingerprint density at radius 3 is 2.53 bits per heavy atom. The van der Waals surface area contributed by atoms with E-state index in [1.165, 1.54) is 17.1 Å². The second-order valence-corrected chi connectivity index (χ2v) is 4.63. The first-order chi connectivity index (χ1) is 7.65. The minimum atomic E-state index is -4.45. The molecule has 0 bridgehead atoms. The summed E-state index contributed by atoms with van der Waals surface area (Å²) in [5, 5.41) is 0. The van der Waals surface area contributed by atoms with Crippen LogP contribution in [0.3, 0.4) is 0 Å². The molecule has 1 aliphatic rings. The molecule has 1 atom stereocenters. The van der Waals surface area contributed by atoms with Crippen LogP contribution in [0.1, 0.15) is 20.8 Å². The van der Waals surface area contributed by atoms with E-state index in [1.54, 1.807) is 20.8 Å². The van der Waals surface area contributed by atoms with Crippen molar-refractivity contribution in [2.75, 3.05) is 13.1 Å². The van der Waals surface area contributed by atoms with Gasteiger partial charge in [-0.15, -0.1) is 0 Å². The van der Waals surface area contributed by atoms with Crippen LogP contribution < -0.4 is 0 Å². The molecular weight excluding hydrogens is 235 g/mol. The van der Waals surface area contributed by atoms with Gasteiger partial charge in [-0.3, -0.25) is 4.79 Å². The van der Waals surface area contributed by atoms with E-state index in [2.05, 4.69) is 0 Å². The molecule has 17 heavy (non-hydrogen) atoms. The van der Waals surface area contributed by atoms with Crippen LogP contribution in [0.5, 0.6) is 0 Å². The summed E-state index contributed by atoms with van der Waals surface area (Å²) in [5.41, 5.74) is -0.990. The minimum absolute atomic E-state index is 0.156. The SMILES string of the molecule is C/C=C/C(=O)N1CC(C(F)(F)F)OC(C)(C)C1. The highest BCUT2D eigenvalue weighted by atomic mass is 19.4. The number of hydrogen-bond donors (Lipinski definition) is 0. The summed E-state index contributed by atoms with van der Waals surface area (Å²) in [6, 6.07) is 0. The van der Waals surface area contributed by atoms with Crippen LogP contribution in [0.15, 0.2) is 12.2 Å². The monoisotopic (exact) mass is 251 g/mol. The third kappa shape index (κ3) is 3.73. The summed E-state index contributed by atoms with van der Waals surface area (Å²) < 4.78 is 42.8. The number of ether oxygens (including phenoxy) is 1. The van der Waals surface area contributed by atoms with Crippen LogP contribution in [0, 0.1) is 0 Å². The van der Waals surface area contributed by atoms with Crippen molar-refractivity contribution in [3.05, 3.63) is 12.2 Å². The summed E-state index contributed by atoms with van der Waals surface area (Å²) in [7, 11) is 0. The molecule has 0 aliphatic carbocycles. The van der Waals surface area contributed by atoms with Crippen LogP contribution in [-0.4, -0.2) is 41.8 Å². The molecule has 3 nitrogen and oxygen atoms in total. The van der Waals surface area contributed by atoms with Crippen molar-refractivity contribution in [1.29, 1.82) is 0 Å². The molecule has 1 fully saturated rings. The zero-order valence-corrected chi connectivity index (χ0v) is 10.0. The number of morpholine rings is 1. The average molecular weight is 251 g/mol. The van der Waals surface area contributed by atoms with Crippen molar-refractivity contribution in [2.24, 2.45) is 0 Å². The summed E-state index contributed by atoms with van der Waals surface area (Å²) in [6.45, 7) is 4.44. The van der Waals surface area contributed by atoms with Gasteiger partial charge in [0.1, 0.15) is 0 Å². The van der Waals surface area contributed by atoms with Gasteiger partial charge in [-0.1, -0.05) is 6.08 Å². The number of nitrogens with zero attached hydrogens (tertiary/aromatic N) is 1. The number of alkyl halides is 3. The Bertz CT molecular complexity index is 323. The Balaban J connectivity index is 2.85. The highest BCUT2D eigenvalue weighted by Gasteiger charge is 2.48. The summed E-state index contributed by atoms with van der Waals surface area (Å²) in [6.07, 6.45) is -3.60. The maximum atomic E-state index is 12.6. The molecule has 0 aromatic rings. The number of rotatable bonds is 1. The normalized spacial score (nSPS) is 25.3. The molecule has 98 valence electrons. The standard InChI is InChI=1S/C11H16F3NO2/c1-4-5-9(16)15-6-8(11(12,13)14)17-10(2,3)7-15/h4-5,8H,6-7H2,1-3H3/b5-4+. The van der Waals surface area contributed by atoms with Gasteiger partial charge in [0.25, 0.3) is 0 Å². The van der Waals surface area contributed by atoms with Gasteiger partial charge in [0.05, 0.1) is 12.1 Å². The molecule has 1 aliphatic heterocycles. The van der Waals surface area contributed by atoms with Crippen molar-refractivity contribution in [3.63, 3.8) is 0 Å². The predicted octanol–water partition coefficient (Wildman–Crippen LogP) is 2.13. The van der Waals surface area contributed by atoms with E-state index in [0.717, 1.165) is 0 Å². The number of carbonyl (C=O) groups excluding carboxylic acids is 1. The predicted molar refractivity (Wildman–Crippen MR) is 56.4 cm³/mol. The van der Waals surface area contributed by atoms with Crippen LogP contribution in [0.4, 0.5) is 13.2 Å². The molecule has 0 spiro atoms. The van der Waals surface area contributed by atoms with E-state index in [4.69, 9.17) is 4.74 Å². The smallest absolute Gasteiger partial charge is 0.359 e. The first-order valence-corrected chi connectivity index (χ1v) is 5.32. The first-order valence-electron chi connectivity index (χ1n) is 5.32. The number of amides is 1. The molecule has 0 N–H and O–H groups in total. The topological polar surface area (TPSA) is 29.5 Å². The van der Waals surface area contributed by atoms with E-state index in [-0.39, 0.29) is 6.54 Å². The number of allylic oxidation sites excluding steroid dienone is 1. The lowest BCUT2D eigenvalue weighted by Crippen LogP contribution is -2.58. The van der Waals surface area contributed by atoms with E-state index in [0.29, 0.717) is 0 Å². The maximum Gasteiger partial charge on any atom is 0.416 e. The van der Waals surface area contributed by atoms with E-state index < -0.39 is 30.3 Å². The Morgan fingerprint density at radius 2 is 2.06 bits per heavy atom. The minimum Gasteiger partial charge on any atom is -0.359 e. The molecule has 6 heteroatoms. The van der Waals surface area contributed by atoms with Gasteiger partial charge in [0, 0.05) is 6.54 Å². The molecule has 0 radical (unpaired) electrons. The quantitative estimate of drug-likeness (QED) is 0.668. The number of halogens is 3. The van der Waals surface area contributed by atoms with Crippen LogP contribution >= 0.6 is 0 Å². The average Bonchev–Trinajstić information content (AvgIpc) is 2.14. The lowest BCUT2D eigenvalue weighted by molar-refractivity contribution is -0.269.